The number of hydrogen-bond acceptors (Lipinski definition) is 5. The van der Waals surface area contributed by atoms with Crippen LogP contribution in [0.15, 0.2) is 11.5 Å². The third kappa shape index (κ3) is 3.81. The topological polar surface area (TPSA) is 77.0 Å². The molecule has 2 unspecified atom stereocenters. The van der Waals surface area contributed by atoms with Crippen molar-refractivity contribution in [1.29, 1.82) is 0 Å². The Kier molecular flexibility index (Phi) is 4.12. The molecule has 5 nitrogen and oxygen atoms in total. The highest BCUT2D eigenvalue weighted by atomic mass is 32.2. The average molecular weight is 230 g/mol. The van der Waals surface area contributed by atoms with Gasteiger partial charge in [0, 0.05) is 18.8 Å². The SMILES string of the molecule is CC(CC(C)(O)CN)Sc1ncnn1C. The Labute approximate surface area is 94.1 Å². The fraction of sp³-hybridized carbons (Fsp3) is 0.778. The highest BCUT2D eigenvalue weighted by molar-refractivity contribution is 7.99. The molecule has 0 radical (unpaired) electrons. The smallest absolute Gasteiger partial charge is 0.186 e. The van der Waals surface area contributed by atoms with Crippen LogP contribution in [-0.2, 0) is 7.05 Å². The van der Waals surface area contributed by atoms with E-state index in [-0.39, 0.29) is 11.8 Å². The number of aryl methyl sites for hydroxylation is 1. The number of nitrogens with zero attached hydrogens (tertiary/aromatic N) is 3. The Balaban J connectivity index is 2.50. The highest BCUT2D eigenvalue weighted by Crippen LogP contribution is 2.26. The highest BCUT2D eigenvalue weighted by Gasteiger charge is 2.22. The minimum atomic E-state index is -0.801. The lowest BCUT2D eigenvalue weighted by Crippen LogP contribution is -2.36. The fourth-order valence-corrected chi connectivity index (χ4v) is 2.43. The van der Waals surface area contributed by atoms with Crippen molar-refractivity contribution in [3.8, 4) is 0 Å². The number of nitrogens with two attached hydrogens (primary N) is 1. The predicted octanol–water partition coefficient (Wildman–Crippen LogP) is 0.395. The standard InChI is InChI=1S/C9H18N4OS/c1-7(4-9(2,14)5-10)15-8-11-6-12-13(8)3/h6-7,14H,4-5,10H2,1-3H3. The molecule has 0 aliphatic carbocycles. The summed E-state index contributed by atoms with van der Waals surface area (Å²) >= 11 is 1.59. The molecule has 0 spiro atoms. The van der Waals surface area contributed by atoms with Gasteiger partial charge in [0.05, 0.1) is 5.60 Å². The van der Waals surface area contributed by atoms with Crippen LogP contribution in [0.25, 0.3) is 0 Å². The van der Waals surface area contributed by atoms with Crippen molar-refractivity contribution in [2.24, 2.45) is 12.8 Å². The van der Waals surface area contributed by atoms with E-state index in [4.69, 9.17) is 5.73 Å². The van der Waals surface area contributed by atoms with Crippen LogP contribution in [-0.4, -0.2) is 37.3 Å². The molecule has 0 aromatic carbocycles. The lowest BCUT2D eigenvalue weighted by Gasteiger charge is -2.24. The summed E-state index contributed by atoms with van der Waals surface area (Å²) in [5.74, 6) is 0. The number of hydrogen-bond donors (Lipinski definition) is 2. The van der Waals surface area contributed by atoms with Gasteiger partial charge in [0.15, 0.2) is 5.16 Å². The Morgan fingerprint density at radius 3 is 2.87 bits per heavy atom. The average Bonchev–Trinajstić information content (AvgIpc) is 2.51. The van der Waals surface area contributed by atoms with Crippen molar-refractivity contribution in [1.82, 2.24) is 14.8 Å². The monoisotopic (exact) mass is 230 g/mol. The third-order valence-electron chi connectivity index (χ3n) is 2.14. The molecule has 86 valence electrons. The van der Waals surface area contributed by atoms with Crippen LogP contribution >= 0.6 is 11.8 Å². The molecule has 0 amide bonds. The van der Waals surface area contributed by atoms with Crippen LogP contribution in [0.1, 0.15) is 20.3 Å². The first kappa shape index (κ1) is 12.5. The summed E-state index contributed by atoms with van der Waals surface area (Å²) in [6, 6.07) is 0. The molecule has 1 aromatic heterocycles. The van der Waals surface area contributed by atoms with Gasteiger partial charge in [0.25, 0.3) is 0 Å². The van der Waals surface area contributed by atoms with Crippen molar-refractivity contribution < 1.29 is 5.11 Å². The third-order valence-corrected chi connectivity index (χ3v) is 3.29. The molecule has 1 rings (SSSR count). The maximum atomic E-state index is 9.81. The van der Waals surface area contributed by atoms with Gasteiger partial charge in [-0.25, -0.2) is 9.67 Å². The Bertz CT molecular complexity index is 313. The fourth-order valence-electron chi connectivity index (χ4n) is 1.32. The van der Waals surface area contributed by atoms with Gasteiger partial charge in [-0.05, 0) is 13.3 Å². The van der Waals surface area contributed by atoms with Gasteiger partial charge >= 0.3 is 0 Å². The van der Waals surface area contributed by atoms with Crippen molar-refractivity contribution in [2.75, 3.05) is 6.54 Å². The molecule has 0 aliphatic heterocycles. The van der Waals surface area contributed by atoms with E-state index < -0.39 is 5.60 Å². The van der Waals surface area contributed by atoms with Gasteiger partial charge in [0.2, 0.25) is 0 Å². The first-order valence-corrected chi connectivity index (χ1v) is 5.75. The zero-order valence-corrected chi connectivity index (χ0v) is 10.2. The maximum absolute atomic E-state index is 9.81. The lowest BCUT2D eigenvalue weighted by molar-refractivity contribution is 0.0608. The first-order valence-electron chi connectivity index (χ1n) is 4.88. The predicted molar refractivity (Wildman–Crippen MR) is 60.6 cm³/mol. The van der Waals surface area contributed by atoms with Crippen molar-refractivity contribution >= 4 is 11.8 Å². The molecular weight excluding hydrogens is 212 g/mol. The van der Waals surface area contributed by atoms with Crippen molar-refractivity contribution in [2.45, 2.75) is 36.3 Å². The second-order valence-electron chi connectivity index (χ2n) is 4.00. The van der Waals surface area contributed by atoms with Gasteiger partial charge in [-0.15, -0.1) is 0 Å². The van der Waals surface area contributed by atoms with E-state index >= 15 is 0 Å². The number of aliphatic hydroxyl groups is 1. The van der Waals surface area contributed by atoms with Gasteiger partial charge in [-0.1, -0.05) is 18.7 Å². The molecule has 0 aliphatic rings. The summed E-state index contributed by atoms with van der Waals surface area (Å²) in [6.07, 6.45) is 2.16. The van der Waals surface area contributed by atoms with E-state index in [1.54, 1.807) is 23.4 Å². The minimum Gasteiger partial charge on any atom is -0.389 e. The molecule has 0 fully saturated rings. The second kappa shape index (κ2) is 4.96. The van der Waals surface area contributed by atoms with Crippen molar-refractivity contribution in [3.05, 3.63) is 6.33 Å². The largest absolute Gasteiger partial charge is 0.389 e. The van der Waals surface area contributed by atoms with E-state index in [0.717, 1.165) is 5.16 Å². The van der Waals surface area contributed by atoms with Gasteiger partial charge < -0.3 is 10.8 Å². The normalized spacial score (nSPS) is 17.4. The summed E-state index contributed by atoms with van der Waals surface area (Å²) in [6.45, 7) is 4.07. The summed E-state index contributed by atoms with van der Waals surface area (Å²) in [4.78, 5) is 4.11. The van der Waals surface area contributed by atoms with Gasteiger partial charge in [-0.3, -0.25) is 0 Å². The number of aromatic nitrogens is 3. The number of rotatable bonds is 5. The van der Waals surface area contributed by atoms with Crippen LogP contribution in [0.5, 0.6) is 0 Å². The maximum Gasteiger partial charge on any atom is 0.186 e. The molecule has 1 heterocycles. The molecule has 0 bridgehead atoms. The molecule has 0 saturated heterocycles. The summed E-state index contributed by atoms with van der Waals surface area (Å²) in [5.41, 5.74) is 4.66. The quantitative estimate of drug-likeness (QED) is 0.716. The van der Waals surface area contributed by atoms with E-state index in [0.29, 0.717) is 6.42 Å². The van der Waals surface area contributed by atoms with Crippen LogP contribution in [0.4, 0.5) is 0 Å². The summed E-state index contributed by atoms with van der Waals surface area (Å²) in [5, 5.41) is 14.9. The van der Waals surface area contributed by atoms with Crippen LogP contribution < -0.4 is 5.73 Å². The molecule has 1 aromatic rings. The molecule has 2 atom stereocenters. The van der Waals surface area contributed by atoms with E-state index in [9.17, 15) is 5.11 Å². The zero-order chi connectivity index (χ0) is 11.5. The molecule has 15 heavy (non-hydrogen) atoms. The van der Waals surface area contributed by atoms with Crippen LogP contribution in [0, 0.1) is 0 Å². The molecule has 0 saturated carbocycles. The second-order valence-corrected chi connectivity index (χ2v) is 5.41. The minimum absolute atomic E-state index is 0.256. The van der Waals surface area contributed by atoms with Crippen LogP contribution in [0.2, 0.25) is 0 Å². The Hall–Kier alpha value is -0.590. The van der Waals surface area contributed by atoms with Crippen LogP contribution in [0.3, 0.4) is 0 Å². The summed E-state index contributed by atoms with van der Waals surface area (Å²) < 4.78 is 1.72. The molecular formula is C9H18N4OS. The zero-order valence-electron chi connectivity index (χ0n) is 9.34. The molecule has 3 N–H and O–H groups in total. The number of thioether (sulfide) groups is 1. The summed E-state index contributed by atoms with van der Waals surface area (Å²) in [7, 11) is 1.85. The Morgan fingerprint density at radius 1 is 1.73 bits per heavy atom. The molecule has 6 heteroatoms. The van der Waals surface area contributed by atoms with E-state index in [2.05, 4.69) is 10.1 Å². The van der Waals surface area contributed by atoms with Crippen molar-refractivity contribution in [3.63, 3.8) is 0 Å². The van der Waals surface area contributed by atoms with E-state index in [1.165, 1.54) is 6.33 Å². The Morgan fingerprint density at radius 2 is 2.40 bits per heavy atom. The van der Waals surface area contributed by atoms with Gasteiger partial charge in [-0.2, -0.15) is 5.10 Å². The lowest BCUT2D eigenvalue weighted by atomic mass is 10.0. The van der Waals surface area contributed by atoms with E-state index in [1.807, 2.05) is 14.0 Å². The first-order chi connectivity index (χ1) is 6.94. The van der Waals surface area contributed by atoms with Gasteiger partial charge in [0.1, 0.15) is 6.33 Å².